The Balaban J connectivity index is 1.79. The van der Waals surface area contributed by atoms with Crippen molar-refractivity contribution < 1.29 is 9.90 Å². The molecule has 4 nitrogen and oxygen atoms in total. The number of fused-ring (bicyclic) bond motifs is 2. The van der Waals surface area contributed by atoms with Gasteiger partial charge in [-0.1, -0.05) is 43.3 Å². The predicted molar refractivity (Wildman–Crippen MR) is 122 cm³/mol. The lowest BCUT2D eigenvalue weighted by Gasteiger charge is -2.17. The number of rotatable bonds is 5. The molecule has 0 bridgehead atoms. The second-order valence-electron chi connectivity index (χ2n) is 7.37. The lowest BCUT2D eigenvalue weighted by atomic mass is 10.0. The fourth-order valence-corrected chi connectivity index (χ4v) is 4.43. The molecule has 0 unspecified atom stereocenters. The zero-order chi connectivity index (χ0) is 21.1. The summed E-state index contributed by atoms with van der Waals surface area (Å²) in [6, 6.07) is 21.0. The van der Waals surface area contributed by atoms with Crippen LogP contribution in [0.15, 0.2) is 81.5 Å². The van der Waals surface area contributed by atoms with Gasteiger partial charge in [-0.15, -0.1) is 0 Å². The first-order chi connectivity index (χ1) is 14.6. The Morgan fingerprint density at radius 3 is 2.57 bits per heavy atom. The Bertz CT molecular complexity index is 1110. The van der Waals surface area contributed by atoms with Crippen molar-refractivity contribution in [2.24, 2.45) is 4.99 Å². The lowest BCUT2D eigenvalue weighted by molar-refractivity contribution is 0.0793. The summed E-state index contributed by atoms with van der Waals surface area (Å²) in [7, 11) is 1.85. The molecule has 0 fully saturated rings. The zero-order valence-corrected chi connectivity index (χ0v) is 17.9. The Hall–Kier alpha value is -3.05. The molecule has 30 heavy (non-hydrogen) atoms. The summed E-state index contributed by atoms with van der Waals surface area (Å²) in [5.74, 6) is 0.235. The van der Waals surface area contributed by atoms with Crippen molar-refractivity contribution in [3.63, 3.8) is 0 Å². The van der Waals surface area contributed by atoms with Gasteiger partial charge in [-0.05, 0) is 55.0 Å². The van der Waals surface area contributed by atoms with E-state index in [0.29, 0.717) is 5.56 Å². The van der Waals surface area contributed by atoms with Crippen LogP contribution in [-0.2, 0) is 0 Å². The monoisotopic (exact) mass is 416 g/mol. The molecule has 152 valence electrons. The highest BCUT2D eigenvalue weighted by molar-refractivity contribution is 7.99. The summed E-state index contributed by atoms with van der Waals surface area (Å²) >= 11 is 1.66. The minimum absolute atomic E-state index is 0.0133. The first-order valence-electron chi connectivity index (χ1n) is 10.1. The molecule has 1 heterocycles. The maximum absolute atomic E-state index is 12.9. The van der Waals surface area contributed by atoms with Crippen LogP contribution in [0.1, 0.15) is 41.3 Å². The molecule has 0 aliphatic carbocycles. The van der Waals surface area contributed by atoms with Crippen molar-refractivity contribution in [2.45, 2.75) is 29.6 Å². The summed E-state index contributed by atoms with van der Waals surface area (Å²) in [6.07, 6.45) is 2.04. The van der Waals surface area contributed by atoms with E-state index < -0.39 is 0 Å². The average molecular weight is 417 g/mol. The number of phenolic OH excluding ortho intramolecular Hbond substituents is 1. The minimum atomic E-state index is 0.0133. The van der Waals surface area contributed by atoms with E-state index in [2.05, 4.69) is 19.1 Å². The fourth-order valence-electron chi connectivity index (χ4n) is 3.43. The zero-order valence-electron chi connectivity index (χ0n) is 17.1. The van der Waals surface area contributed by atoms with Gasteiger partial charge in [0.15, 0.2) is 0 Å². The normalized spacial score (nSPS) is 12.4. The van der Waals surface area contributed by atoms with Crippen LogP contribution in [0.2, 0.25) is 0 Å². The van der Waals surface area contributed by atoms with Crippen LogP contribution in [0.5, 0.6) is 5.75 Å². The van der Waals surface area contributed by atoms with E-state index in [1.165, 1.54) is 0 Å². The maximum atomic E-state index is 12.9. The molecule has 0 saturated carbocycles. The number of amides is 1. The van der Waals surface area contributed by atoms with Crippen LogP contribution in [0.3, 0.4) is 0 Å². The van der Waals surface area contributed by atoms with Gasteiger partial charge in [0, 0.05) is 40.1 Å². The topological polar surface area (TPSA) is 52.9 Å². The first-order valence-corrected chi connectivity index (χ1v) is 10.9. The van der Waals surface area contributed by atoms with E-state index in [0.717, 1.165) is 51.7 Å². The highest BCUT2D eigenvalue weighted by Gasteiger charge is 2.20. The molecule has 3 aromatic rings. The number of aromatic hydroxyl groups is 1. The SMILES string of the molecule is CCCCN(C)C(=O)c1ccc2c(c1)N=C(c1ccc(O)cc1)c1ccccc1S2. The largest absolute Gasteiger partial charge is 0.508 e. The third-order valence-corrected chi connectivity index (χ3v) is 6.28. The predicted octanol–water partition coefficient (Wildman–Crippen LogP) is 5.90. The van der Waals surface area contributed by atoms with Crippen LogP contribution in [-0.4, -0.2) is 35.2 Å². The quantitative estimate of drug-likeness (QED) is 0.441. The minimum Gasteiger partial charge on any atom is -0.508 e. The Morgan fingerprint density at radius 1 is 1.03 bits per heavy atom. The number of carbonyl (C=O) groups is 1. The van der Waals surface area contributed by atoms with Crippen LogP contribution in [0.4, 0.5) is 5.69 Å². The van der Waals surface area contributed by atoms with Crippen LogP contribution in [0, 0.1) is 0 Å². The third kappa shape index (κ3) is 4.12. The highest BCUT2D eigenvalue weighted by Crippen LogP contribution is 2.41. The molecule has 1 amide bonds. The maximum Gasteiger partial charge on any atom is 0.253 e. The molecule has 1 N–H and O–H groups in total. The molecule has 0 atom stereocenters. The van der Waals surface area contributed by atoms with Crippen LogP contribution < -0.4 is 0 Å². The Labute approximate surface area is 181 Å². The molecule has 5 heteroatoms. The number of benzene rings is 3. The third-order valence-electron chi connectivity index (χ3n) is 5.13. The molecule has 0 saturated heterocycles. The number of hydrogen-bond donors (Lipinski definition) is 1. The van der Waals surface area contributed by atoms with Gasteiger partial charge in [0.05, 0.1) is 11.4 Å². The molecule has 1 aliphatic heterocycles. The van der Waals surface area contributed by atoms with E-state index in [1.54, 1.807) is 28.8 Å². The number of carbonyl (C=O) groups excluding carboxylic acids is 1. The highest BCUT2D eigenvalue weighted by atomic mass is 32.2. The van der Waals surface area contributed by atoms with Crippen molar-refractivity contribution >= 4 is 29.1 Å². The van der Waals surface area contributed by atoms with Gasteiger partial charge in [-0.3, -0.25) is 4.79 Å². The number of unbranched alkanes of at least 4 members (excludes halogenated alkanes) is 1. The van der Waals surface area contributed by atoms with Gasteiger partial charge in [0.2, 0.25) is 0 Å². The summed E-state index contributed by atoms with van der Waals surface area (Å²) in [5.41, 5.74) is 4.23. The van der Waals surface area contributed by atoms with E-state index in [-0.39, 0.29) is 11.7 Å². The van der Waals surface area contributed by atoms with Crippen molar-refractivity contribution in [2.75, 3.05) is 13.6 Å². The van der Waals surface area contributed by atoms with E-state index in [4.69, 9.17) is 4.99 Å². The molecular weight excluding hydrogens is 392 g/mol. The summed E-state index contributed by atoms with van der Waals surface area (Å²) < 4.78 is 0. The van der Waals surface area contributed by atoms with E-state index in [9.17, 15) is 9.90 Å². The lowest BCUT2D eigenvalue weighted by Crippen LogP contribution is -2.27. The molecule has 0 spiro atoms. The van der Waals surface area contributed by atoms with Crippen LogP contribution >= 0.6 is 11.8 Å². The van der Waals surface area contributed by atoms with Gasteiger partial charge in [0.1, 0.15) is 5.75 Å². The molecule has 4 rings (SSSR count). The van der Waals surface area contributed by atoms with Crippen molar-refractivity contribution in [1.82, 2.24) is 4.90 Å². The van der Waals surface area contributed by atoms with Gasteiger partial charge in [-0.2, -0.15) is 0 Å². The number of phenols is 1. The second-order valence-corrected chi connectivity index (χ2v) is 8.45. The Kier molecular flexibility index (Phi) is 5.91. The summed E-state index contributed by atoms with van der Waals surface area (Å²) in [6.45, 7) is 2.86. The Morgan fingerprint density at radius 2 is 1.80 bits per heavy atom. The number of hydrogen-bond acceptors (Lipinski definition) is 4. The van der Waals surface area contributed by atoms with E-state index >= 15 is 0 Å². The number of aliphatic imine (C=N–C) groups is 1. The van der Waals surface area contributed by atoms with Crippen molar-refractivity contribution in [3.05, 3.63) is 83.4 Å². The standard InChI is InChI=1S/C25H24N2O2S/c1-3-4-15-27(2)25(29)18-11-14-23-21(16-18)26-24(17-9-12-19(28)13-10-17)20-7-5-6-8-22(20)30-23/h5-14,16,28H,3-4,15H2,1-2H3. The van der Waals surface area contributed by atoms with Gasteiger partial charge in [0.25, 0.3) is 5.91 Å². The van der Waals surface area contributed by atoms with E-state index in [1.807, 2.05) is 49.5 Å². The van der Waals surface area contributed by atoms with Crippen molar-refractivity contribution in [3.8, 4) is 5.75 Å². The summed E-state index contributed by atoms with van der Waals surface area (Å²) in [4.78, 5) is 21.8. The molecule has 0 aromatic heterocycles. The van der Waals surface area contributed by atoms with Crippen LogP contribution in [0.25, 0.3) is 0 Å². The smallest absolute Gasteiger partial charge is 0.253 e. The second kappa shape index (κ2) is 8.76. The van der Waals surface area contributed by atoms with Gasteiger partial charge in [-0.25, -0.2) is 4.99 Å². The van der Waals surface area contributed by atoms with Crippen molar-refractivity contribution in [1.29, 1.82) is 0 Å². The molecule has 3 aromatic carbocycles. The number of nitrogens with zero attached hydrogens (tertiary/aromatic N) is 2. The van der Waals surface area contributed by atoms with Gasteiger partial charge < -0.3 is 10.0 Å². The molecule has 1 aliphatic rings. The molecule has 0 radical (unpaired) electrons. The molecular formula is C25H24N2O2S. The summed E-state index contributed by atoms with van der Waals surface area (Å²) in [5, 5.41) is 9.69. The fraction of sp³-hybridized carbons (Fsp3) is 0.200. The first kappa shape index (κ1) is 20.2. The van der Waals surface area contributed by atoms with Gasteiger partial charge >= 0.3 is 0 Å². The average Bonchev–Trinajstić information content (AvgIpc) is 2.93.